The van der Waals surface area contributed by atoms with Gasteiger partial charge in [0.25, 0.3) is 5.56 Å². The molecular weight excluding hydrogens is 394 g/mol. The molecule has 2 atom stereocenters. The number of nitrogens with one attached hydrogen (secondary N) is 2. The molecule has 3 aromatic rings. The summed E-state index contributed by atoms with van der Waals surface area (Å²) < 4.78 is 8.94. The minimum Gasteiger partial charge on any atom is -0.381 e. The average molecular weight is 426 g/mol. The molecule has 8 nitrogen and oxygen atoms in total. The summed E-state index contributed by atoms with van der Waals surface area (Å²) in [6.45, 7) is 4.74. The van der Waals surface area contributed by atoms with E-state index in [0.29, 0.717) is 30.2 Å². The van der Waals surface area contributed by atoms with Gasteiger partial charge >= 0.3 is 5.69 Å². The number of unbranched alkanes of at least 4 members (excludes halogenated alkanes) is 1. The van der Waals surface area contributed by atoms with Crippen LogP contribution >= 0.6 is 0 Å². The molecule has 0 aliphatic carbocycles. The van der Waals surface area contributed by atoms with Crippen molar-refractivity contribution in [2.24, 2.45) is 13.0 Å². The number of nitrogens with zero attached hydrogens (tertiary/aromatic N) is 3. The van der Waals surface area contributed by atoms with Gasteiger partial charge in [0.05, 0.1) is 6.54 Å². The monoisotopic (exact) mass is 425 g/mol. The van der Waals surface area contributed by atoms with Gasteiger partial charge in [-0.25, -0.2) is 9.78 Å². The summed E-state index contributed by atoms with van der Waals surface area (Å²) in [5, 5.41) is 3.64. The van der Waals surface area contributed by atoms with Crippen molar-refractivity contribution in [1.82, 2.24) is 24.4 Å². The molecule has 1 aliphatic rings. The lowest BCUT2D eigenvalue weighted by Crippen LogP contribution is -2.31. The van der Waals surface area contributed by atoms with E-state index in [1.807, 2.05) is 13.1 Å². The van der Waals surface area contributed by atoms with E-state index in [-0.39, 0.29) is 6.04 Å². The lowest BCUT2D eigenvalue weighted by atomic mass is 9.94. The van der Waals surface area contributed by atoms with Crippen LogP contribution in [0.2, 0.25) is 0 Å². The Bertz CT molecular complexity index is 1130. The maximum atomic E-state index is 12.5. The fraction of sp³-hybridized carbons (Fsp3) is 0.522. The fourth-order valence-corrected chi connectivity index (χ4v) is 4.31. The van der Waals surface area contributed by atoms with E-state index in [0.717, 1.165) is 44.7 Å². The van der Waals surface area contributed by atoms with Gasteiger partial charge in [0.1, 0.15) is 5.82 Å². The third-order valence-corrected chi connectivity index (χ3v) is 6.14. The maximum absolute atomic E-state index is 12.5. The van der Waals surface area contributed by atoms with Gasteiger partial charge in [-0.15, -0.1) is 0 Å². The second-order valence-corrected chi connectivity index (χ2v) is 8.33. The number of aromatic nitrogens is 4. The fourth-order valence-electron chi connectivity index (χ4n) is 4.31. The summed E-state index contributed by atoms with van der Waals surface area (Å²) >= 11 is 0. The molecule has 1 aromatic carbocycles. The van der Waals surface area contributed by atoms with Crippen LogP contribution in [0.15, 0.2) is 39.9 Å². The SMILES string of the molecule is CCCCn1c(=O)[nH]c(=O)c2c1nc(CNC(CC1CCOC1)c1ccccc1)n2C. The van der Waals surface area contributed by atoms with Gasteiger partial charge in [-0.05, 0) is 30.7 Å². The maximum Gasteiger partial charge on any atom is 0.330 e. The Labute approximate surface area is 181 Å². The number of hydrogen-bond acceptors (Lipinski definition) is 5. The van der Waals surface area contributed by atoms with Gasteiger partial charge in [-0.2, -0.15) is 0 Å². The molecule has 0 amide bonds. The Morgan fingerprint density at radius 3 is 2.81 bits per heavy atom. The first kappa shape index (κ1) is 21.5. The van der Waals surface area contributed by atoms with Crippen molar-refractivity contribution in [2.75, 3.05) is 13.2 Å². The first-order valence-corrected chi connectivity index (χ1v) is 11.1. The highest BCUT2D eigenvalue weighted by molar-refractivity contribution is 5.70. The van der Waals surface area contributed by atoms with Gasteiger partial charge in [-0.1, -0.05) is 43.7 Å². The normalized spacial score (nSPS) is 17.4. The van der Waals surface area contributed by atoms with Gasteiger partial charge in [0.15, 0.2) is 11.2 Å². The molecule has 31 heavy (non-hydrogen) atoms. The molecule has 3 heterocycles. The van der Waals surface area contributed by atoms with Crippen LogP contribution in [0.4, 0.5) is 0 Å². The minimum absolute atomic E-state index is 0.160. The van der Waals surface area contributed by atoms with E-state index in [1.54, 1.807) is 9.13 Å². The van der Waals surface area contributed by atoms with Gasteiger partial charge < -0.3 is 14.6 Å². The molecule has 2 unspecified atom stereocenters. The summed E-state index contributed by atoms with van der Waals surface area (Å²) in [5.74, 6) is 1.26. The highest BCUT2D eigenvalue weighted by Crippen LogP contribution is 2.27. The summed E-state index contributed by atoms with van der Waals surface area (Å²) in [4.78, 5) is 32.0. The van der Waals surface area contributed by atoms with Gasteiger partial charge in [0, 0.05) is 32.8 Å². The molecule has 166 valence electrons. The van der Waals surface area contributed by atoms with Crippen LogP contribution in [-0.2, 0) is 24.9 Å². The van der Waals surface area contributed by atoms with Crippen LogP contribution in [0, 0.1) is 5.92 Å². The number of H-pyrrole nitrogens is 1. The molecular formula is C23H31N5O3. The van der Waals surface area contributed by atoms with E-state index in [9.17, 15) is 9.59 Å². The third-order valence-electron chi connectivity index (χ3n) is 6.14. The van der Waals surface area contributed by atoms with Crippen LogP contribution < -0.4 is 16.6 Å². The number of fused-ring (bicyclic) bond motifs is 1. The summed E-state index contributed by atoms with van der Waals surface area (Å²) in [6.07, 6.45) is 3.87. The second-order valence-electron chi connectivity index (χ2n) is 8.33. The smallest absolute Gasteiger partial charge is 0.330 e. The summed E-state index contributed by atoms with van der Waals surface area (Å²) in [6, 6.07) is 10.6. The highest BCUT2D eigenvalue weighted by Gasteiger charge is 2.23. The number of benzene rings is 1. The number of ether oxygens (including phenoxy) is 1. The van der Waals surface area contributed by atoms with Crippen molar-refractivity contribution in [1.29, 1.82) is 0 Å². The Morgan fingerprint density at radius 2 is 2.10 bits per heavy atom. The third kappa shape index (κ3) is 4.65. The van der Waals surface area contributed by atoms with Gasteiger partial charge in [0.2, 0.25) is 0 Å². The Hall–Kier alpha value is -2.71. The van der Waals surface area contributed by atoms with E-state index in [2.05, 4.69) is 41.5 Å². The zero-order valence-electron chi connectivity index (χ0n) is 18.3. The van der Waals surface area contributed by atoms with E-state index in [4.69, 9.17) is 9.72 Å². The molecule has 2 N–H and O–H groups in total. The largest absolute Gasteiger partial charge is 0.381 e. The lowest BCUT2D eigenvalue weighted by molar-refractivity contribution is 0.181. The van der Waals surface area contributed by atoms with Crippen molar-refractivity contribution < 1.29 is 4.74 Å². The van der Waals surface area contributed by atoms with Crippen LogP contribution in [0.3, 0.4) is 0 Å². The van der Waals surface area contributed by atoms with E-state index in [1.165, 1.54) is 5.56 Å². The number of aromatic amines is 1. The summed E-state index contributed by atoms with van der Waals surface area (Å²) in [5.41, 5.74) is 1.34. The number of aryl methyl sites for hydroxylation is 2. The zero-order valence-corrected chi connectivity index (χ0v) is 18.3. The molecule has 0 saturated carbocycles. The second kappa shape index (κ2) is 9.62. The van der Waals surface area contributed by atoms with Crippen molar-refractivity contribution in [2.45, 2.75) is 51.7 Å². The van der Waals surface area contributed by atoms with E-state index >= 15 is 0 Å². The molecule has 0 radical (unpaired) electrons. The standard InChI is InChI=1S/C23H31N5O3/c1-3-4-11-28-21-20(22(29)26-23(28)30)27(2)19(25-21)14-24-18(13-16-10-12-31-15-16)17-8-6-5-7-9-17/h5-9,16,18,24H,3-4,10-15H2,1-2H3,(H,26,29,30). The van der Waals surface area contributed by atoms with Crippen molar-refractivity contribution in [3.8, 4) is 0 Å². The predicted molar refractivity (Wildman–Crippen MR) is 120 cm³/mol. The van der Waals surface area contributed by atoms with Crippen LogP contribution in [0.1, 0.15) is 50.0 Å². The minimum atomic E-state index is -0.396. The number of imidazole rings is 1. The average Bonchev–Trinajstić information content (AvgIpc) is 3.39. The van der Waals surface area contributed by atoms with Crippen LogP contribution in [0.5, 0.6) is 0 Å². The zero-order chi connectivity index (χ0) is 21.8. The quantitative estimate of drug-likeness (QED) is 0.549. The summed E-state index contributed by atoms with van der Waals surface area (Å²) in [7, 11) is 1.83. The van der Waals surface area contributed by atoms with Crippen LogP contribution in [0.25, 0.3) is 11.2 Å². The topological polar surface area (TPSA) is 93.9 Å². The van der Waals surface area contributed by atoms with Crippen molar-refractivity contribution in [3.05, 3.63) is 62.6 Å². The Morgan fingerprint density at radius 1 is 1.29 bits per heavy atom. The molecule has 1 fully saturated rings. The lowest BCUT2D eigenvalue weighted by Gasteiger charge is -2.22. The number of rotatable bonds is 9. The molecule has 8 heteroatoms. The molecule has 0 spiro atoms. The Balaban J connectivity index is 1.62. The predicted octanol–water partition coefficient (Wildman–Crippen LogP) is 2.48. The molecule has 4 rings (SSSR count). The van der Waals surface area contributed by atoms with Crippen molar-refractivity contribution >= 4 is 11.2 Å². The molecule has 1 saturated heterocycles. The van der Waals surface area contributed by atoms with E-state index < -0.39 is 11.2 Å². The van der Waals surface area contributed by atoms with Crippen LogP contribution in [-0.4, -0.2) is 32.3 Å². The first-order chi connectivity index (χ1) is 15.1. The van der Waals surface area contributed by atoms with Gasteiger partial charge in [-0.3, -0.25) is 14.3 Å². The molecule has 0 bridgehead atoms. The Kier molecular flexibility index (Phi) is 6.67. The van der Waals surface area contributed by atoms with Crippen molar-refractivity contribution in [3.63, 3.8) is 0 Å². The number of hydrogen-bond donors (Lipinski definition) is 2. The highest BCUT2D eigenvalue weighted by atomic mass is 16.5. The molecule has 1 aliphatic heterocycles. The molecule has 2 aromatic heterocycles. The first-order valence-electron chi connectivity index (χ1n) is 11.1.